The second-order valence-electron chi connectivity index (χ2n) is 8.29. The lowest BCUT2D eigenvalue weighted by Gasteiger charge is -2.34. The summed E-state index contributed by atoms with van der Waals surface area (Å²) in [6, 6.07) is 17.2. The molecule has 0 atom stereocenters. The van der Waals surface area contributed by atoms with Crippen molar-refractivity contribution in [2.75, 3.05) is 18.0 Å². The summed E-state index contributed by atoms with van der Waals surface area (Å²) in [6.45, 7) is 3.62. The number of benzene rings is 3. The number of imidazole rings is 1. The van der Waals surface area contributed by atoms with Crippen molar-refractivity contribution in [3.05, 3.63) is 71.0 Å². The first-order valence-corrected chi connectivity index (χ1v) is 10.9. The summed E-state index contributed by atoms with van der Waals surface area (Å²) < 4.78 is 14.3. The van der Waals surface area contributed by atoms with E-state index in [-0.39, 0.29) is 11.9 Å². The highest BCUT2D eigenvalue weighted by Gasteiger charge is 2.24. The van der Waals surface area contributed by atoms with Crippen LogP contribution in [0.2, 0.25) is 5.02 Å². The summed E-state index contributed by atoms with van der Waals surface area (Å²) in [5.41, 5.74) is 12.7. The first kappa shape index (κ1) is 20.0. The third-order valence-corrected chi connectivity index (χ3v) is 6.18. The number of hydrogen-bond donors (Lipinski definition) is 2. The number of aromatic nitrogens is 2. The van der Waals surface area contributed by atoms with Crippen molar-refractivity contribution in [2.45, 2.75) is 25.8 Å². The Morgan fingerprint density at radius 1 is 1.06 bits per heavy atom. The minimum atomic E-state index is -0.231. The van der Waals surface area contributed by atoms with E-state index in [2.05, 4.69) is 22.0 Å². The fourth-order valence-corrected chi connectivity index (χ4v) is 4.60. The molecule has 1 aromatic heterocycles. The largest absolute Gasteiger partial charge is 0.370 e. The van der Waals surface area contributed by atoms with Crippen LogP contribution < -0.4 is 10.6 Å². The molecule has 31 heavy (non-hydrogen) atoms. The van der Waals surface area contributed by atoms with Gasteiger partial charge in [0, 0.05) is 35.3 Å². The number of hydrogen-bond acceptors (Lipinski definition) is 3. The van der Waals surface area contributed by atoms with Crippen molar-refractivity contribution in [1.29, 1.82) is 0 Å². The van der Waals surface area contributed by atoms with E-state index in [1.165, 1.54) is 0 Å². The van der Waals surface area contributed by atoms with E-state index in [0.29, 0.717) is 5.02 Å². The van der Waals surface area contributed by atoms with Gasteiger partial charge in [0.1, 0.15) is 11.6 Å². The highest BCUT2D eigenvalue weighted by atomic mass is 35.5. The summed E-state index contributed by atoms with van der Waals surface area (Å²) in [4.78, 5) is 10.6. The number of aromatic amines is 1. The monoisotopic (exact) mass is 434 g/mol. The van der Waals surface area contributed by atoms with Gasteiger partial charge in [-0.05, 0) is 67.3 Å². The number of nitrogens with one attached hydrogen (secondary N) is 1. The summed E-state index contributed by atoms with van der Waals surface area (Å²) in [6.07, 6.45) is 1.84. The van der Waals surface area contributed by atoms with Gasteiger partial charge < -0.3 is 15.6 Å². The van der Waals surface area contributed by atoms with Crippen LogP contribution in [0.4, 0.5) is 10.1 Å². The van der Waals surface area contributed by atoms with Crippen molar-refractivity contribution in [2.24, 2.45) is 5.73 Å². The Kier molecular flexibility index (Phi) is 5.16. The van der Waals surface area contributed by atoms with Crippen LogP contribution in [0.25, 0.3) is 33.5 Å². The van der Waals surface area contributed by atoms with E-state index in [4.69, 9.17) is 22.3 Å². The molecule has 1 aliphatic rings. The van der Waals surface area contributed by atoms with Crippen LogP contribution in [0, 0.1) is 12.7 Å². The average Bonchev–Trinajstić information content (AvgIpc) is 3.16. The molecule has 0 radical (unpaired) electrons. The minimum absolute atomic E-state index is 0.219. The van der Waals surface area contributed by atoms with Crippen LogP contribution >= 0.6 is 11.6 Å². The molecule has 0 amide bonds. The molecule has 0 aliphatic carbocycles. The van der Waals surface area contributed by atoms with Crippen LogP contribution in [0.15, 0.2) is 54.6 Å². The summed E-state index contributed by atoms with van der Waals surface area (Å²) in [5.74, 6) is 0.544. The molecule has 0 unspecified atom stereocenters. The molecule has 2 heterocycles. The summed E-state index contributed by atoms with van der Waals surface area (Å²) in [5, 5.41) is 0.653. The Labute approximate surface area is 185 Å². The molecule has 3 aromatic carbocycles. The Morgan fingerprint density at radius 3 is 2.61 bits per heavy atom. The first-order valence-electron chi connectivity index (χ1n) is 10.5. The quantitative estimate of drug-likeness (QED) is 0.420. The van der Waals surface area contributed by atoms with Gasteiger partial charge >= 0.3 is 0 Å². The zero-order valence-corrected chi connectivity index (χ0v) is 18.1. The van der Waals surface area contributed by atoms with Crippen molar-refractivity contribution in [1.82, 2.24) is 9.97 Å². The van der Waals surface area contributed by atoms with Crippen LogP contribution in [0.3, 0.4) is 0 Å². The Morgan fingerprint density at radius 2 is 1.84 bits per heavy atom. The first-order chi connectivity index (χ1) is 15.0. The average molecular weight is 435 g/mol. The molecule has 3 N–H and O–H groups in total. The third-order valence-electron chi connectivity index (χ3n) is 5.95. The maximum absolute atomic E-state index is 14.3. The zero-order chi connectivity index (χ0) is 21.5. The van der Waals surface area contributed by atoms with E-state index in [1.807, 2.05) is 37.3 Å². The molecule has 1 aliphatic heterocycles. The molecule has 1 fully saturated rings. The maximum atomic E-state index is 14.3. The number of nitrogens with zero attached hydrogens (tertiary/aromatic N) is 2. The predicted molar refractivity (Wildman–Crippen MR) is 126 cm³/mol. The third kappa shape index (κ3) is 3.91. The standard InChI is InChI=1S/C25H24ClFN4/c1-15-11-16(13-18(27)12-15)20-3-2-4-21(24(20)31-9-7-19(28)8-10-31)25-29-22-6-5-17(26)14-23(22)30-25/h2-6,11-14,19H,7-10,28H2,1H3,(H,29,30). The highest BCUT2D eigenvalue weighted by molar-refractivity contribution is 6.31. The second-order valence-corrected chi connectivity index (χ2v) is 8.73. The van der Waals surface area contributed by atoms with Gasteiger partial charge in [0.2, 0.25) is 0 Å². The molecule has 1 saturated heterocycles. The van der Waals surface area contributed by atoms with Crippen molar-refractivity contribution >= 4 is 28.3 Å². The fraction of sp³-hybridized carbons (Fsp3) is 0.240. The number of piperidine rings is 1. The fourth-order valence-electron chi connectivity index (χ4n) is 4.43. The zero-order valence-electron chi connectivity index (χ0n) is 17.3. The van der Waals surface area contributed by atoms with Gasteiger partial charge in [-0.2, -0.15) is 0 Å². The van der Waals surface area contributed by atoms with Crippen LogP contribution in [-0.4, -0.2) is 29.1 Å². The van der Waals surface area contributed by atoms with Crippen LogP contribution in [-0.2, 0) is 0 Å². The van der Waals surface area contributed by atoms with Crippen molar-refractivity contribution < 1.29 is 4.39 Å². The molecular weight excluding hydrogens is 411 g/mol. The van der Waals surface area contributed by atoms with Crippen LogP contribution in [0.1, 0.15) is 18.4 Å². The molecule has 4 aromatic rings. The molecular formula is C25H24ClFN4. The number of anilines is 1. The van der Waals surface area contributed by atoms with E-state index < -0.39 is 0 Å². The number of rotatable bonds is 3. The molecule has 0 spiro atoms. The SMILES string of the molecule is Cc1cc(F)cc(-c2cccc(-c3nc4cc(Cl)ccc4[nH]3)c2N2CCC(N)CC2)c1. The number of para-hydroxylation sites is 1. The van der Waals surface area contributed by atoms with Gasteiger partial charge in [0.25, 0.3) is 0 Å². The lowest BCUT2D eigenvalue weighted by Crippen LogP contribution is -2.40. The molecule has 6 heteroatoms. The lowest BCUT2D eigenvalue weighted by atomic mass is 9.95. The van der Waals surface area contributed by atoms with Gasteiger partial charge in [-0.15, -0.1) is 0 Å². The summed E-state index contributed by atoms with van der Waals surface area (Å²) >= 11 is 6.17. The maximum Gasteiger partial charge on any atom is 0.140 e. The second kappa shape index (κ2) is 7.98. The Balaban J connectivity index is 1.71. The number of halogens is 2. The Hall–Kier alpha value is -2.89. The van der Waals surface area contributed by atoms with E-state index in [9.17, 15) is 4.39 Å². The van der Waals surface area contributed by atoms with Gasteiger partial charge in [-0.1, -0.05) is 29.8 Å². The van der Waals surface area contributed by atoms with Crippen molar-refractivity contribution in [3.63, 3.8) is 0 Å². The normalized spacial score (nSPS) is 15.0. The summed E-state index contributed by atoms with van der Waals surface area (Å²) in [7, 11) is 0. The topological polar surface area (TPSA) is 57.9 Å². The van der Waals surface area contributed by atoms with E-state index in [0.717, 1.165) is 70.7 Å². The molecule has 5 rings (SSSR count). The van der Waals surface area contributed by atoms with Crippen molar-refractivity contribution in [3.8, 4) is 22.5 Å². The number of fused-ring (bicyclic) bond motifs is 1. The Bertz CT molecular complexity index is 1240. The molecule has 4 nitrogen and oxygen atoms in total. The van der Waals surface area contributed by atoms with Gasteiger partial charge in [-0.3, -0.25) is 0 Å². The number of aryl methyl sites for hydroxylation is 1. The molecule has 158 valence electrons. The van der Waals surface area contributed by atoms with Gasteiger partial charge in [-0.25, -0.2) is 9.37 Å². The highest BCUT2D eigenvalue weighted by Crippen LogP contribution is 2.40. The smallest absolute Gasteiger partial charge is 0.140 e. The number of nitrogens with two attached hydrogens (primary N) is 1. The molecule has 0 saturated carbocycles. The van der Waals surface area contributed by atoms with E-state index >= 15 is 0 Å². The lowest BCUT2D eigenvalue weighted by molar-refractivity contribution is 0.501. The predicted octanol–water partition coefficient (Wildman–Crippen LogP) is 5.93. The number of H-pyrrole nitrogens is 1. The van der Waals surface area contributed by atoms with Crippen LogP contribution in [0.5, 0.6) is 0 Å². The van der Waals surface area contributed by atoms with Gasteiger partial charge in [0.05, 0.1) is 16.7 Å². The molecule has 0 bridgehead atoms. The minimum Gasteiger partial charge on any atom is -0.370 e. The van der Waals surface area contributed by atoms with Gasteiger partial charge in [0.15, 0.2) is 0 Å². The van der Waals surface area contributed by atoms with E-state index in [1.54, 1.807) is 12.1 Å².